The number of carbonyl (C=O) groups excluding carboxylic acids is 3. The van der Waals surface area contributed by atoms with Crippen molar-refractivity contribution in [3.05, 3.63) is 53.4 Å². The third-order valence-corrected chi connectivity index (χ3v) is 4.92. The Kier molecular flexibility index (Phi) is 5.07. The summed E-state index contributed by atoms with van der Waals surface area (Å²) in [6.45, 7) is 3.47. The molecule has 8 nitrogen and oxygen atoms in total. The van der Waals surface area contributed by atoms with Gasteiger partial charge in [0.05, 0.1) is 0 Å². The van der Waals surface area contributed by atoms with Crippen molar-refractivity contribution in [3.63, 3.8) is 0 Å². The topological polar surface area (TPSA) is 94.9 Å². The van der Waals surface area contributed by atoms with Gasteiger partial charge in [-0.25, -0.2) is 9.69 Å². The van der Waals surface area contributed by atoms with Gasteiger partial charge in [-0.05, 0) is 38.0 Å². The van der Waals surface area contributed by atoms with Crippen molar-refractivity contribution in [2.75, 3.05) is 29.9 Å². The molecule has 4 amide bonds. The van der Waals surface area contributed by atoms with Crippen molar-refractivity contribution in [1.29, 1.82) is 0 Å². The molecule has 2 N–H and O–H groups in total. The van der Waals surface area contributed by atoms with Gasteiger partial charge >= 0.3 is 6.03 Å². The Labute approximate surface area is 168 Å². The Morgan fingerprint density at radius 3 is 2.59 bits per heavy atom. The summed E-state index contributed by atoms with van der Waals surface area (Å²) < 4.78 is 5.77. The molecule has 4 rings (SSSR count). The lowest BCUT2D eigenvalue weighted by Gasteiger charge is -2.12. The van der Waals surface area contributed by atoms with Crippen LogP contribution in [0.3, 0.4) is 0 Å². The zero-order valence-electron chi connectivity index (χ0n) is 16.1. The number of imide groups is 1. The van der Waals surface area contributed by atoms with Gasteiger partial charge in [0.15, 0.2) is 5.88 Å². The molecule has 1 aromatic heterocycles. The van der Waals surface area contributed by atoms with Crippen molar-refractivity contribution in [3.8, 4) is 0 Å². The lowest BCUT2D eigenvalue weighted by molar-refractivity contribution is -0.127. The predicted octanol–water partition coefficient (Wildman–Crippen LogP) is 2.72. The molecule has 8 heteroatoms. The van der Waals surface area contributed by atoms with Crippen molar-refractivity contribution in [2.24, 2.45) is 0 Å². The van der Waals surface area contributed by atoms with E-state index in [2.05, 4.69) is 15.5 Å². The zero-order chi connectivity index (χ0) is 20.4. The SMILES string of the molecule is Cc1ccc(NC(=O)CN2C(=O)N/C(=C/c3ccc(N4CCCC4)o3)C2=O)cc1. The number of carbonyl (C=O) groups is 3. The molecule has 0 radical (unpaired) electrons. The first-order valence-electron chi connectivity index (χ1n) is 9.55. The van der Waals surface area contributed by atoms with E-state index in [4.69, 9.17) is 4.42 Å². The van der Waals surface area contributed by atoms with Gasteiger partial charge in [0, 0.05) is 30.9 Å². The molecule has 2 aliphatic rings. The second kappa shape index (κ2) is 7.83. The molecule has 29 heavy (non-hydrogen) atoms. The van der Waals surface area contributed by atoms with Gasteiger partial charge in [0.2, 0.25) is 5.91 Å². The highest BCUT2D eigenvalue weighted by molar-refractivity contribution is 6.15. The molecule has 0 spiro atoms. The molecule has 0 aliphatic carbocycles. The summed E-state index contributed by atoms with van der Waals surface area (Å²) in [5.74, 6) is 0.211. The van der Waals surface area contributed by atoms with E-state index in [1.165, 1.54) is 6.08 Å². The fraction of sp³-hybridized carbons (Fsp3) is 0.286. The van der Waals surface area contributed by atoms with E-state index in [-0.39, 0.29) is 12.2 Å². The van der Waals surface area contributed by atoms with E-state index in [0.29, 0.717) is 11.4 Å². The number of nitrogens with one attached hydrogen (secondary N) is 2. The number of benzene rings is 1. The minimum Gasteiger partial charge on any atom is -0.441 e. The van der Waals surface area contributed by atoms with Crippen LogP contribution >= 0.6 is 0 Å². The number of aryl methyl sites for hydroxylation is 1. The third kappa shape index (κ3) is 4.16. The van der Waals surface area contributed by atoms with E-state index < -0.39 is 17.8 Å². The largest absolute Gasteiger partial charge is 0.441 e. The van der Waals surface area contributed by atoms with Gasteiger partial charge in [-0.2, -0.15) is 0 Å². The smallest absolute Gasteiger partial charge is 0.329 e. The number of hydrogen-bond donors (Lipinski definition) is 2. The van der Waals surface area contributed by atoms with Crippen molar-refractivity contribution in [1.82, 2.24) is 10.2 Å². The molecule has 2 aliphatic heterocycles. The average molecular weight is 394 g/mol. The van der Waals surface area contributed by atoms with Crippen LogP contribution in [0.1, 0.15) is 24.2 Å². The van der Waals surface area contributed by atoms with Gasteiger partial charge in [0.1, 0.15) is 18.0 Å². The lowest BCUT2D eigenvalue weighted by atomic mass is 10.2. The van der Waals surface area contributed by atoms with Crippen LogP contribution in [0.5, 0.6) is 0 Å². The first-order chi connectivity index (χ1) is 14.0. The average Bonchev–Trinajstić information content (AvgIpc) is 3.42. The molecule has 0 atom stereocenters. The Bertz CT molecular complexity index is 971. The van der Waals surface area contributed by atoms with Crippen LogP contribution in [-0.4, -0.2) is 42.4 Å². The van der Waals surface area contributed by atoms with Crippen molar-refractivity contribution < 1.29 is 18.8 Å². The van der Waals surface area contributed by atoms with Gasteiger partial charge in [-0.15, -0.1) is 0 Å². The van der Waals surface area contributed by atoms with Crippen LogP contribution in [0.15, 0.2) is 46.5 Å². The fourth-order valence-corrected chi connectivity index (χ4v) is 3.37. The minimum absolute atomic E-state index is 0.0838. The Morgan fingerprint density at radius 1 is 1.14 bits per heavy atom. The maximum atomic E-state index is 12.6. The summed E-state index contributed by atoms with van der Waals surface area (Å²) in [7, 11) is 0. The number of hydrogen-bond acceptors (Lipinski definition) is 5. The molecular formula is C21H22N4O4. The van der Waals surface area contributed by atoms with Gasteiger partial charge < -0.3 is 20.0 Å². The van der Waals surface area contributed by atoms with Crippen LogP contribution in [0.25, 0.3) is 6.08 Å². The van der Waals surface area contributed by atoms with Crippen molar-refractivity contribution >= 4 is 35.5 Å². The maximum absolute atomic E-state index is 12.6. The number of rotatable bonds is 5. The lowest BCUT2D eigenvalue weighted by Crippen LogP contribution is -2.38. The number of amides is 4. The van der Waals surface area contributed by atoms with Crippen molar-refractivity contribution in [2.45, 2.75) is 19.8 Å². The third-order valence-electron chi connectivity index (χ3n) is 4.92. The molecule has 150 valence electrons. The van der Waals surface area contributed by atoms with Gasteiger partial charge in [0.25, 0.3) is 5.91 Å². The second-order valence-electron chi connectivity index (χ2n) is 7.16. The van der Waals surface area contributed by atoms with E-state index >= 15 is 0 Å². The molecule has 2 saturated heterocycles. The van der Waals surface area contributed by atoms with Crippen LogP contribution < -0.4 is 15.5 Å². The Balaban J connectivity index is 1.41. The number of nitrogens with zero attached hydrogens (tertiary/aromatic N) is 2. The number of furan rings is 1. The monoisotopic (exact) mass is 394 g/mol. The highest BCUT2D eigenvalue weighted by Gasteiger charge is 2.35. The fourth-order valence-electron chi connectivity index (χ4n) is 3.37. The Morgan fingerprint density at radius 2 is 1.86 bits per heavy atom. The highest BCUT2D eigenvalue weighted by atomic mass is 16.4. The first-order valence-corrected chi connectivity index (χ1v) is 9.55. The number of anilines is 2. The van der Waals surface area contributed by atoms with E-state index in [0.717, 1.165) is 42.3 Å². The molecule has 2 aromatic rings. The van der Waals surface area contributed by atoms with Crippen LogP contribution in [0.2, 0.25) is 0 Å². The second-order valence-corrected chi connectivity index (χ2v) is 7.16. The maximum Gasteiger partial charge on any atom is 0.329 e. The van der Waals surface area contributed by atoms with Crippen LogP contribution in [-0.2, 0) is 9.59 Å². The Hall–Kier alpha value is -3.55. The summed E-state index contributed by atoms with van der Waals surface area (Å²) in [5.41, 5.74) is 1.76. The molecular weight excluding hydrogens is 372 g/mol. The minimum atomic E-state index is -0.633. The van der Waals surface area contributed by atoms with Crippen LogP contribution in [0.4, 0.5) is 16.4 Å². The molecule has 3 heterocycles. The summed E-state index contributed by atoms with van der Waals surface area (Å²) in [6.07, 6.45) is 3.74. The van der Waals surface area contributed by atoms with Gasteiger partial charge in [-0.1, -0.05) is 17.7 Å². The summed E-state index contributed by atoms with van der Waals surface area (Å²) in [5, 5.41) is 5.18. The van der Waals surface area contributed by atoms with Gasteiger partial charge in [-0.3, -0.25) is 9.59 Å². The predicted molar refractivity (Wildman–Crippen MR) is 108 cm³/mol. The number of urea groups is 1. The summed E-state index contributed by atoms with van der Waals surface area (Å²) in [6, 6.07) is 10.2. The highest BCUT2D eigenvalue weighted by Crippen LogP contribution is 2.24. The molecule has 2 fully saturated rings. The van der Waals surface area contributed by atoms with E-state index in [1.807, 2.05) is 25.1 Å². The summed E-state index contributed by atoms with van der Waals surface area (Å²) in [4.78, 5) is 40.0. The normalized spacial score (nSPS) is 17.9. The quantitative estimate of drug-likeness (QED) is 0.601. The molecule has 0 unspecified atom stereocenters. The van der Waals surface area contributed by atoms with E-state index in [1.54, 1.807) is 18.2 Å². The molecule has 0 saturated carbocycles. The molecule has 0 bridgehead atoms. The van der Waals surface area contributed by atoms with Crippen LogP contribution in [0, 0.1) is 6.92 Å². The first kappa shape index (κ1) is 18.8. The summed E-state index contributed by atoms with van der Waals surface area (Å²) >= 11 is 0. The molecule has 1 aromatic carbocycles. The van der Waals surface area contributed by atoms with E-state index in [9.17, 15) is 14.4 Å². The zero-order valence-corrected chi connectivity index (χ0v) is 16.1. The standard InChI is InChI=1S/C21H22N4O4/c1-14-4-6-15(7-5-14)22-18(26)13-25-20(27)17(23-21(25)28)12-16-8-9-19(29-16)24-10-2-3-11-24/h4-9,12H,2-3,10-11,13H2,1H3,(H,22,26)(H,23,28)/b17-12+.